The van der Waals surface area contributed by atoms with Crippen molar-refractivity contribution in [1.29, 1.82) is 0 Å². The van der Waals surface area contributed by atoms with Gasteiger partial charge in [-0.1, -0.05) is 67.7 Å². The van der Waals surface area contributed by atoms with Gasteiger partial charge < -0.3 is 9.64 Å². The summed E-state index contributed by atoms with van der Waals surface area (Å²) in [6, 6.07) is 15.4. The Labute approximate surface area is 171 Å². The summed E-state index contributed by atoms with van der Waals surface area (Å²) < 4.78 is 6.05. The summed E-state index contributed by atoms with van der Waals surface area (Å²) in [5, 5.41) is 1.34. The first-order valence-electron chi connectivity index (χ1n) is 9.48. The number of nitrogens with zero attached hydrogens (tertiary/aromatic N) is 1. The van der Waals surface area contributed by atoms with Gasteiger partial charge in [0, 0.05) is 16.1 Å². The standard InChI is InChI=1S/C22H25Cl2NO2/c1-3-6-19(4-2)25-20(26)14-27-22(16-7-5-8-18(24)13-16)21(25)15-9-11-17(23)12-10-15/h5,7-13,19,21-22H,3-4,6,14H2,1-2H3/t19?,21-,22+/m1/s1. The number of carbonyl (C=O) groups excluding carboxylic acids is 1. The highest BCUT2D eigenvalue weighted by atomic mass is 35.5. The second-order valence-corrected chi connectivity index (χ2v) is 7.81. The van der Waals surface area contributed by atoms with Gasteiger partial charge in [0.2, 0.25) is 5.91 Å². The zero-order valence-electron chi connectivity index (χ0n) is 15.7. The monoisotopic (exact) mass is 405 g/mol. The Morgan fingerprint density at radius 3 is 2.44 bits per heavy atom. The lowest BCUT2D eigenvalue weighted by Crippen LogP contribution is -2.50. The predicted octanol–water partition coefficient (Wildman–Crippen LogP) is 6.21. The molecule has 0 radical (unpaired) electrons. The first-order valence-corrected chi connectivity index (χ1v) is 10.2. The lowest BCUT2D eigenvalue weighted by atomic mass is 9.90. The summed E-state index contributed by atoms with van der Waals surface area (Å²) in [5.41, 5.74) is 2.00. The van der Waals surface area contributed by atoms with Crippen molar-refractivity contribution in [2.24, 2.45) is 0 Å². The molecule has 3 rings (SSSR count). The Bertz CT molecular complexity index is 778. The molecule has 0 saturated carbocycles. The van der Waals surface area contributed by atoms with Gasteiger partial charge in [-0.3, -0.25) is 4.79 Å². The van der Waals surface area contributed by atoms with E-state index in [1.54, 1.807) is 0 Å². The molecule has 1 aliphatic rings. The van der Waals surface area contributed by atoms with Crippen molar-refractivity contribution in [1.82, 2.24) is 4.90 Å². The molecule has 1 amide bonds. The maximum Gasteiger partial charge on any atom is 0.249 e. The molecule has 27 heavy (non-hydrogen) atoms. The molecule has 0 N–H and O–H groups in total. The fourth-order valence-corrected chi connectivity index (χ4v) is 4.21. The maximum atomic E-state index is 12.9. The Morgan fingerprint density at radius 2 is 1.81 bits per heavy atom. The molecule has 0 aliphatic carbocycles. The van der Waals surface area contributed by atoms with Crippen LogP contribution in [0.3, 0.4) is 0 Å². The molecule has 1 unspecified atom stereocenters. The van der Waals surface area contributed by atoms with Crippen LogP contribution in [-0.4, -0.2) is 23.5 Å². The van der Waals surface area contributed by atoms with Crippen molar-refractivity contribution in [3.05, 3.63) is 69.7 Å². The van der Waals surface area contributed by atoms with Crippen molar-refractivity contribution < 1.29 is 9.53 Å². The van der Waals surface area contributed by atoms with Gasteiger partial charge in [0.05, 0.1) is 6.04 Å². The van der Waals surface area contributed by atoms with E-state index in [-0.39, 0.29) is 30.7 Å². The number of ether oxygens (including phenoxy) is 1. The van der Waals surface area contributed by atoms with E-state index in [1.165, 1.54) is 0 Å². The summed E-state index contributed by atoms with van der Waals surface area (Å²) in [7, 11) is 0. The zero-order chi connectivity index (χ0) is 19.4. The minimum absolute atomic E-state index is 0.0357. The quantitative estimate of drug-likeness (QED) is 0.571. The molecule has 2 aromatic carbocycles. The van der Waals surface area contributed by atoms with Gasteiger partial charge in [-0.2, -0.15) is 0 Å². The van der Waals surface area contributed by atoms with E-state index < -0.39 is 0 Å². The van der Waals surface area contributed by atoms with Gasteiger partial charge in [0.1, 0.15) is 12.7 Å². The van der Waals surface area contributed by atoms with Crippen LogP contribution in [0.15, 0.2) is 48.5 Å². The largest absolute Gasteiger partial charge is 0.361 e. The molecule has 1 aliphatic heterocycles. The first-order chi connectivity index (χ1) is 13.0. The van der Waals surface area contributed by atoms with Gasteiger partial charge in [-0.15, -0.1) is 0 Å². The molecule has 0 spiro atoms. The Kier molecular flexibility index (Phi) is 6.80. The highest BCUT2D eigenvalue weighted by Gasteiger charge is 2.41. The number of hydrogen-bond acceptors (Lipinski definition) is 2. The van der Waals surface area contributed by atoms with Gasteiger partial charge in [0.25, 0.3) is 0 Å². The van der Waals surface area contributed by atoms with Crippen LogP contribution in [0.5, 0.6) is 0 Å². The van der Waals surface area contributed by atoms with Crippen LogP contribution in [0.2, 0.25) is 10.0 Å². The van der Waals surface area contributed by atoms with E-state index in [0.717, 1.165) is 30.4 Å². The van der Waals surface area contributed by atoms with Crippen LogP contribution in [0.25, 0.3) is 0 Å². The zero-order valence-corrected chi connectivity index (χ0v) is 17.2. The van der Waals surface area contributed by atoms with E-state index >= 15 is 0 Å². The summed E-state index contributed by atoms with van der Waals surface area (Å²) in [6.07, 6.45) is 2.63. The number of halogens is 2. The number of carbonyl (C=O) groups is 1. The van der Waals surface area contributed by atoms with Crippen LogP contribution in [-0.2, 0) is 9.53 Å². The van der Waals surface area contributed by atoms with Gasteiger partial charge in [-0.25, -0.2) is 0 Å². The van der Waals surface area contributed by atoms with Crippen LogP contribution >= 0.6 is 23.2 Å². The Balaban J connectivity index is 2.08. The second kappa shape index (κ2) is 9.09. The van der Waals surface area contributed by atoms with E-state index in [2.05, 4.69) is 13.8 Å². The van der Waals surface area contributed by atoms with Crippen molar-refractivity contribution >= 4 is 29.1 Å². The number of benzene rings is 2. The van der Waals surface area contributed by atoms with E-state index in [1.807, 2.05) is 53.4 Å². The first kappa shape index (κ1) is 20.2. The molecule has 144 valence electrons. The molecule has 5 heteroatoms. The van der Waals surface area contributed by atoms with Crippen LogP contribution in [0, 0.1) is 0 Å². The average Bonchev–Trinajstić information content (AvgIpc) is 2.67. The number of amides is 1. The van der Waals surface area contributed by atoms with E-state index in [4.69, 9.17) is 27.9 Å². The summed E-state index contributed by atoms with van der Waals surface area (Å²) in [4.78, 5) is 14.9. The molecule has 1 fully saturated rings. The summed E-state index contributed by atoms with van der Waals surface area (Å²) >= 11 is 12.3. The normalized spacial score (nSPS) is 21.3. The number of rotatable bonds is 6. The fraction of sp³-hybridized carbons (Fsp3) is 0.409. The molecule has 3 nitrogen and oxygen atoms in total. The van der Waals surface area contributed by atoms with Crippen molar-refractivity contribution in [2.45, 2.75) is 51.3 Å². The lowest BCUT2D eigenvalue weighted by Gasteiger charge is -2.45. The van der Waals surface area contributed by atoms with Gasteiger partial charge >= 0.3 is 0 Å². The lowest BCUT2D eigenvalue weighted by molar-refractivity contribution is -0.163. The minimum Gasteiger partial charge on any atom is -0.361 e. The molecule has 1 heterocycles. The Morgan fingerprint density at radius 1 is 1.07 bits per heavy atom. The molecular formula is C22H25Cl2NO2. The van der Waals surface area contributed by atoms with Crippen LogP contribution in [0.4, 0.5) is 0 Å². The molecule has 3 atom stereocenters. The number of hydrogen-bond donors (Lipinski definition) is 0. The topological polar surface area (TPSA) is 29.5 Å². The SMILES string of the molecule is CCCC(CC)N1C(=O)CO[C@@H](c2cccc(Cl)c2)[C@H]1c1ccc(Cl)cc1. The fourth-order valence-electron chi connectivity index (χ4n) is 3.89. The van der Waals surface area contributed by atoms with E-state index in [9.17, 15) is 4.79 Å². The molecule has 0 bridgehead atoms. The highest BCUT2D eigenvalue weighted by molar-refractivity contribution is 6.30. The summed E-state index contributed by atoms with van der Waals surface area (Å²) in [6.45, 7) is 4.37. The molecule has 2 aromatic rings. The van der Waals surface area contributed by atoms with Crippen LogP contribution in [0.1, 0.15) is 56.4 Å². The van der Waals surface area contributed by atoms with E-state index in [0.29, 0.717) is 10.0 Å². The van der Waals surface area contributed by atoms with Gasteiger partial charge in [0.15, 0.2) is 0 Å². The highest BCUT2D eigenvalue weighted by Crippen LogP contribution is 2.42. The third-order valence-corrected chi connectivity index (χ3v) is 5.62. The molecule has 0 aromatic heterocycles. The van der Waals surface area contributed by atoms with Crippen LogP contribution < -0.4 is 0 Å². The van der Waals surface area contributed by atoms with Gasteiger partial charge in [-0.05, 0) is 48.2 Å². The van der Waals surface area contributed by atoms with Crippen molar-refractivity contribution in [3.63, 3.8) is 0 Å². The molecular weight excluding hydrogens is 381 g/mol. The third-order valence-electron chi connectivity index (χ3n) is 5.14. The second-order valence-electron chi connectivity index (χ2n) is 6.93. The maximum absolute atomic E-state index is 12.9. The van der Waals surface area contributed by atoms with Crippen molar-refractivity contribution in [3.8, 4) is 0 Å². The minimum atomic E-state index is -0.270. The number of morpholine rings is 1. The summed E-state index contributed by atoms with van der Waals surface area (Å²) in [5.74, 6) is 0.0357. The smallest absolute Gasteiger partial charge is 0.249 e. The average molecular weight is 406 g/mol. The van der Waals surface area contributed by atoms with Crippen molar-refractivity contribution in [2.75, 3.05) is 6.61 Å². The predicted molar refractivity (Wildman–Crippen MR) is 110 cm³/mol. The molecule has 1 saturated heterocycles. The Hall–Kier alpha value is -1.55. The third kappa shape index (κ3) is 4.48.